The fourth-order valence-electron chi connectivity index (χ4n) is 1.80. The van der Waals surface area contributed by atoms with Gasteiger partial charge in [0.25, 0.3) is 5.91 Å². The van der Waals surface area contributed by atoms with E-state index in [2.05, 4.69) is 5.32 Å². The van der Waals surface area contributed by atoms with Crippen LogP contribution < -0.4 is 5.32 Å². The molecule has 1 amide bonds. The maximum absolute atomic E-state index is 13.4. The van der Waals surface area contributed by atoms with Crippen LogP contribution >= 0.6 is 23.2 Å². The Morgan fingerprint density at radius 3 is 2.45 bits per heavy atom. The quantitative estimate of drug-likeness (QED) is 0.823. The van der Waals surface area contributed by atoms with Crippen LogP contribution in [0.15, 0.2) is 42.5 Å². The zero-order valence-electron chi connectivity index (χ0n) is 10.7. The van der Waals surface area contributed by atoms with Crippen LogP contribution in [0.2, 0.25) is 10.0 Å². The first kappa shape index (κ1) is 14.8. The number of hydrogen-bond donors (Lipinski definition) is 1. The third-order valence-electron chi connectivity index (χ3n) is 2.90. The van der Waals surface area contributed by atoms with Gasteiger partial charge in [-0.3, -0.25) is 4.79 Å². The Balaban J connectivity index is 2.19. The van der Waals surface area contributed by atoms with Gasteiger partial charge >= 0.3 is 0 Å². The molecule has 0 unspecified atom stereocenters. The standard InChI is InChI=1S/C15H12Cl2FNO/c1-9(10-5-3-2-4-6-10)19-15(20)11-7-14(18)13(17)8-12(11)16/h2-9H,1H3,(H,19,20)/t9-/m0/s1. The zero-order valence-corrected chi connectivity index (χ0v) is 12.2. The molecular weight excluding hydrogens is 300 g/mol. The van der Waals surface area contributed by atoms with Crippen LogP contribution in [0.25, 0.3) is 0 Å². The van der Waals surface area contributed by atoms with Crippen molar-refractivity contribution in [3.63, 3.8) is 0 Å². The van der Waals surface area contributed by atoms with Gasteiger partial charge in [0.2, 0.25) is 0 Å². The minimum atomic E-state index is -0.673. The molecule has 0 aliphatic carbocycles. The Kier molecular flexibility index (Phi) is 4.63. The molecule has 2 nitrogen and oxygen atoms in total. The van der Waals surface area contributed by atoms with Crippen molar-refractivity contribution in [3.05, 3.63) is 69.5 Å². The number of amides is 1. The molecule has 0 saturated carbocycles. The number of rotatable bonds is 3. The summed E-state index contributed by atoms with van der Waals surface area (Å²) in [5.41, 5.74) is 1.02. The van der Waals surface area contributed by atoms with Gasteiger partial charge in [0.15, 0.2) is 0 Å². The molecule has 2 aromatic rings. The fourth-order valence-corrected chi connectivity index (χ4v) is 2.27. The van der Waals surface area contributed by atoms with Crippen molar-refractivity contribution in [1.82, 2.24) is 5.32 Å². The summed E-state index contributed by atoms with van der Waals surface area (Å²) in [4.78, 5) is 12.1. The van der Waals surface area contributed by atoms with E-state index >= 15 is 0 Å². The minimum Gasteiger partial charge on any atom is -0.345 e. The number of nitrogens with one attached hydrogen (secondary N) is 1. The van der Waals surface area contributed by atoms with Gasteiger partial charge in [-0.1, -0.05) is 53.5 Å². The van der Waals surface area contributed by atoms with Crippen LogP contribution in [0.3, 0.4) is 0 Å². The van der Waals surface area contributed by atoms with E-state index in [1.807, 2.05) is 37.3 Å². The summed E-state index contributed by atoms with van der Waals surface area (Å²) in [6.45, 7) is 1.84. The van der Waals surface area contributed by atoms with Crippen LogP contribution in [0, 0.1) is 5.82 Å². The molecule has 0 aliphatic heterocycles. The normalized spacial score (nSPS) is 12.0. The molecule has 0 aliphatic rings. The van der Waals surface area contributed by atoms with E-state index in [9.17, 15) is 9.18 Å². The maximum Gasteiger partial charge on any atom is 0.253 e. The molecule has 0 fully saturated rings. The van der Waals surface area contributed by atoms with E-state index in [1.165, 1.54) is 6.07 Å². The minimum absolute atomic E-state index is 0.0661. The topological polar surface area (TPSA) is 29.1 Å². The Morgan fingerprint density at radius 2 is 1.80 bits per heavy atom. The highest BCUT2D eigenvalue weighted by atomic mass is 35.5. The first-order valence-corrected chi connectivity index (χ1v) is 6.75. The highest BCUT2D eigenvalue weighted by molar-refractivity contribution is 6.36. The summed E-state index contributed by atoms with van der Waals surface area (Å²) in [7, 11) is 0. The molecule has 20 heavy (non-hydrogen) atoms. The molecule has 5 heteroatoms. The van der Waals surface area contributed by atoms with Crippen molar-refractivity contribution in [3.8, 4) is 0 Å². The summed E-state index contributed by atoms with van der Waals surface area (Å²) in [6, 6.07) is 11.5. The lowest BCUT2D eigenvalue weighted by Crippen LogP contribution is -2.27. The maximum atomic E-state index is 13.4. The largest absolute Gasteiger partial charge is 0.345 e. The van der Waals surface area contributed by atoms with Crippen LogP contribution in [-0.4, -0.2) is 5.91 Å². The van der Waals surface area contributed by atoms with Crippen molar-refractivity contribution in [1.29, 1.82) is 0 Å². The van der Waals surface area contributed by atoms with Crippen LogP contribution in [0.5, 0.6) is 0 Å². The Bertz CT molecular complexity index is 631. The molecule has 0 aromatic heterocycles. The molecule has 2 rings (SSSR count). The first-order chi connectivity index (χ1) is 9.49. The third kappa shape index (κ3) is 3.30. The second kappa shape index (κ2) is 6.25. The van der Waals surface area contributed by atoms with E-state index in [0.717, 1.165) is 11.6 Å². The molecule has 0 bridgehead atoms. The van der Waals surface area contributed by atoms with Crippen molar-refractivity contribution < 1.29 is 9.18 Å². The van der Waals surface area contributed by atoms with Gasteiger partial charge in [0, 0.05) is 0 Å². The smallest absolute Gasteiger partial charge is 0.253 e. The summed E-state index contributed by atoms with van der Waals surface area (Å²) in [6.07, 6.45) is 0. The third-order valence-corrected chi connectivity index (χ3v) is 3.50. The molecule has 2 aromatic carbocycles. The summed E-state index contributed by atoms with van der Waals surface area (Å²) < 4.78 is 13.4. The number of carbonyl (C=O) groups is 1. The van der Waals surface area contributed by atoms with Gasteiger partial charge in [-0.15, -0.1) is 0 Å². The van der Waals surface area contributed by atoms with Crippen molar-refractivity contribution in [2.45, 2.75) is 13.0 Å². The predicted octanol–water partition coefficient (Wildman–Crippen LogP) is 4.62. The van der Waals surface area contributed by atoms with Gasteiger partial charge in [0.05, 0.1) is 21.7 Å². The molecular formula is C15H12Cl2FNO. The number of carbonyl (C=O) groups excluding carboxylic acids is 1. The van der Waals surface area contributed by atoms with E-state index in [4.69, 9.17) is 23.2 Å². The number of halogens is 3. The second-order valence-electron chi connectivity index (χ2n) is 4.35. The van der Waals surface area contributed by atoms with E-state index in [1.54, 1.807) is 0 Å². The van der Waals surface area contributed by atoms with Crippen molar-refractivity contribution in [2.24, 2.45) is 0 Å². The summed E-state index contributed by atoms with van der Waals surface area (Å²) in [5.74, 6) is -1.12. The fraction of sp³-hybridized carbons (Fsp3) is 0.133. The van der Waals surface area contributed by atoms with Crippen LogP contribution in [-0.2, 0) is 0 Å². The Labute approximate surface area is 126 Å². The SMILES string of the molecule is C[C@H](NC(=O)c1cc(F)c(Cl)cc1Cl)c1ccccc1. The highest BCUT2D eigenvalue weighted by Gasteiger charge is 2.16. The van der Waals surface area contributed by atoms with E-state index < -0.39 is 11.7 Å². The Morgan fingerprint density at radius 1 is 1.15 bits per heavy atom. The van der Waals surface area contributed by atoms with Gasteiger partial charge in [-0.2, -0.15) is 0 Å². The highest BCUT2D eigenvalue weighted by Crippen LogP contribution is 2.25. The van der Waals surface area contributed by atoms with E-state index in [0.29, 0.717) is 0 Å². The van der Waals surface area contributed by atoms with E-state index in [-0.39, 0.29) is 21.7 Å². The molecule has 0 spiro atoms. The molecule has 0 saturated heterocycles. The number of benzene rings is 2. The molecule has 1 atom stereocenters. The van der Waals surface area contributed by atoms with Crippen LogP contribution in [0.1, 0.15) is 28.9 Å². The first-order valence-electron chi connectivity index (χ1n) is 5.99. The summed E-state index contributed by atoms with van der Waals surface area (Å²) in [5, 5.41) is 2.78. The lowest BCUT2D eigenvalue weighted by Gasteiger charge is -2.15. The van der Waals surface area contributed by atoms with Gasteiger partial charge in [-0.25, -0.2) is 4.39 Å². The monoisotopic (exact) mass is 311 g/mol. The predicted molar refractivity (Wildman–Crippen MR) is 78.7 cm³/mol. The van der Waals surface area contributed by atoms with Gasteiger partial charge < -0.3 is 5.32 Å². The number of hydrogen-bond acceptors (Lipinski definition) is 1. The average molecular weight is 312 g/mol. The lowest BCUT2D eigenvalue weighted by atomic mass is 10.1. The van der Waals surface area contributed by atoms with Crippen LogP contribution in [0.4, 0.5) is 4.39 Å². The summed E-state index contributed by atoms with van der Waals surface area (Å²) >= 11 is 11.5. The lowest BCUT2D eigenvalue weighted by molar-refractivity contribution is 0.0939. The van der Waals surface area contributed by atoms with Crippen molar-refractivity contribution in [2.75, 3.05) is 0 Å². The van der Waals surface area contributed by atoms with Gasteiger partial charge in [0.1, 0.15) is 5.82 Å². The molecule has 1 N–H and O–H groups in total. The van der Waals surface area contributed by atoms with Gasteiger partial charge in [-0.05, 0) is 24.6 Å². The second-order valence-corrected chi connectivity index (χ2v) is 5.17. The molecule has 0 heterocycles. The van der Waals surface area contributed by atoms with Crippen molar-refractivity contribution >= 4 is 29.1 Å². The average Bonchev–Trinajstić information content (AvgIpc) is 2.43. The Hall–Kier alpha value is -1.58. The molecule has 0 radical (unpaired) electrons. The molecule has 104 valence electrons. The zero-order chi connectivity index (χ0) is 14.7.